The number of fused-ring (bicyclic) bond motifs is 3. The SMILES string of the molecule is [2H]c1c([2H])c([2H])c(-c2c([2H])c([2H])c(-c3nc(-c4ccccc4)nc(-c4ccc(-c5ccc(-c6ccccc6)cc5)cc4)n3)c3c2sc2c([2H])c([2H])c([2H])c([2H])c23)c([2H])c1[2H]. The zero-order chi connectivity index (χ0) is 42.1. The molecule has 0 fully saturated rings. The molecular formula is C45H29N3S. The van der Waals surface area contributed by atoms with Crippen molar-refractivity contribution in [2.24, 2.45) is 0 Å². The molecule has 0 amide bonds. The Bertz CT molecular complexity index is 3170. The van der Waals surface area contributed by atoms with E-state index in [-0.39, 0.29) is 60.4 Å². The van der Waals surface area contributed by atoms with E-state index in [0.29, 0.717) is 11.1 Å². The molecule has 9 rings (SSSR count). The van der Waals surface area contributed by atoms with Crippen LogP contribution in [-0.4, -0.2) is 15.0 Å². The summed E-state index contributed by atoms with van der Waals surface area (Å²) in [6.07, 6.45) is 0. The van der Waals surface area contributed by atoms with Gasteiger partial charge < -0.3 is 0 Å². The lowest BCUT2D eigenvalue weighted by Crippen LogP contribution is -2.00. The topological polar surface area (TPSA) is 38.7 Å². The maximum absolute atomic E-state index is 9.54. The van der Waals surface area contributed by atoms with Crippen molar-refractivity contribution in [1.29, 1.82) is 0 Å². The second kappa shape index (κ2) is 12.4. The molecule has 0 aliphatic rings. The van der Waals surface area contributed by atoms with Crippen molar-refractivity contribution in [2.75, 3.05) is 0 Å². The molecule has 0 N–H and O–H groups in total. The van der Waals surface area contributed by atoms with Crippen LogP contribution in [0.2, 0.25) is 0 Å². The highest BCUT2D eigenvalue weighted by molar-refractivity contribution is 7.26. The lowest BCUT2D eigenvalue weighted by molar-refractivity contribution is 1.08. The van der Waals surface area contributed by atoms with Crippen LogP contribution in [0.1, 0.15) is 15.1 Å². The molecule has 230 valence electrons. The molecular weight excluding hydrogens is 615 g/mol. The van der Waals surface area contributed by atoms with Crippen molar-refractivity contribution >= 4 is 31.5 Å². The van der Waals surface area contributed by atoms with E-state index in [1.807, 2.05) is 72.8 Å². The Morgan fingerprint density at radius 2 is 0.857 bits per heavy atom. The van der Waals surface area contributed by atoms with Gasteiger partial charge >= 0.3 is 0 Å². The van der Waals surface area contributed by atoms with Crippen LogP contribution < -0.4 is 0 Å². The van der Waals surface area contributed by atoms with Crippen LogP contribution in [0.25, 0.3) is 87.7 Å². The summed E-state index contributed by atoms with van der Waals surface area (Å²) in [7, 11) is 0. The standard InChI is InChI=1S/C45H29N3S/c1-4-12-30(13-5-1)31-20-22-32(23-21-31)33-24-26-36(27-25-33)44-46-43(35-16-8-3-9-17-35)47-45(48-44)39-29-28-37(34-14-6-2-7-15-34)42-41(39)38-18-10-11-19-40(38)49-42/h1-29H/i2D,6D,7D,10D,11D,14D,15D,18D,19D,28D,29D. The first-order chi connectivity index (χ1) is 28.8. The van der Waals surface area contributed by atoms with Gasteiger partial charge in [-0.05, 0) is 45.5 Å². The van der Waals surface area contributed by atoms with Crippen LogP contribution in [0.4, 0.5) is 0 Å². The first kappa shape index (κ1) is 19.6. The Balaban J connectivity index is 1.30. The lowest BCUT2D eigenvalue weighted by Gasteiger charge is -2.12. The Labute approximate surface area is 304 Å². The number of nitrogens with zero attached hydrogens (tertiary/aromatic N) is 3. The van der Waals surface area contributed by atoms with Gasteiger partial charge in [0.15, 0.2) is 17.5 Å². The van der Waals surface area contributed by atoms with Crippen LogP contribution in [0.3, 0.4) is 0 Å². The van der Waals surface area contributed by atoms with Crippen molar-refractivity contribution in [2.45, 2.75) is 0 Å². The largest absolute Gasteiger partial charge is 0.208 e. The van der Waals surface area contributed by atoms with Crippen LogP contribution in [0.15, 0.2) is 176 Å². The van der Waals surface area contributed by atoms with E-state index in [2.05, 4.69) is 36.4 Å². The highest BCUT2D eigenvalue weighted by Gasteiger charge is 2.19. The van der Waals surface area contributed by atoms with E-state index in [4.69, 9.17) is 27.3 Å². The number of hydrogen-bond acceptors (Lipinski definition) is 4. The molecule has 0 unspecified atom stereocenters. The number of thiophene rings is 1. The van der Waals surface area contributed by atoms with Crippen molar-refractivity contribution < 1.29 is 15.1 Å². The summed E-state index contributed by atoms with van der Waals surface area (Å²) in [5, 5.41) is 0.124. The highest BCUT2D eigenvalue weighted by Crippen LogP contribution is 2.44. The Kier molecular flexibility index (Phi) is 4.96. The minimum Gasteiger partial charge on any atom is -0.208 e. The molecule has 9 aromatic rings. The van der Waals surface area contributed by atoms with E-state index >= 15 is 0 Å². The number of benzene rings is 7. The van der Waals surface area contributed by atoms with Gasteiger partial charge in [0.05, 0.1) is 15.1 Å². The third-order valence-corrected chi connectivity index (χ3v) is 9.36. The van der Waals surface area contributed by atoms with Crippen molar-refractivity contribution in [3.63, 3.8) is 0 Å². The van der Waals surface area contributed by atoms with E-state index in [1.54, 1.807) is 0 Å². The molecule has 0 radical (unpaired) electrons. The fourth-order valence-electron chi connectivity index (χ4n) is 5.83. The Morgan fingerprint density at radius 3 is 1.49 bits per heavy atom. The summed E-state index contributed by atoms with van der Waals surface area (Å²) in [4.78, 5) is 14.6. The summed E-state index contributed by atoms with van der Waals surface area (Å²) in [5.41, 5.74) is 4.88. The van der Waals surface area contributed by atoms with Gasteiger partial charge in [-0.15, -0.1) is 11.3 Å². The second-order valence-electron chi connectivity index (χ2n) is 11.2. The number of hydrogen-bond donors (Lipinski definition) is 0. The van der Waals surface area contributed by atoms with E-state index in [9.17, 15) is 2.74 Å². The quantitative estimate of drug-likeness (QED) is 0.179. The summed E-state index contributed by atoms with van der Waals surface area (Å²) in [6, 6.07) is 29.3. The summed E-state index contributed by atoms with van der Waals surface area (Å²) in [6.45, 7) is 0. The normalized spacial score (nSPS) is 14.4. The first-order valence-electron chi connectivity index (χ1n) is 21.0. The van der Waals surface area contributed by atoms with Gasteiger partial charge in [-0.25, -0.2) is 15.0 Å². The third-order valence-electron chi connectivity index (χ3n) is 8.23. The molecule has 2 heterocycles. The summed E-state index contributed by atoms with van der Waals surface area (Å²) < 4.78 is 96.7. The van der Waals surface area contributed by atoms with Crippen LogP contribution in [0.5, 0.6) is 0 Å². The number of aromatic nitrogens is 3. The monoisotopic (exact) mass is 654 g/mol. The van der Waals surface area contributed by atoms with Gasteiger partial charge in [-0.3, -0.25) is 0 Å². The average Bonchev–Trinajstić information content (AvgIpc) is 3.68. The molecule has 0 atom stereocenters. The Morgan fingerprint density at radius 1 is 0.388 bits per heavy atom. The predicted molar refractivity (Wildman–Crippen MR) is 205 cm³/mol. The third kappa shape index (κ3) is 5.48. The molecule has 3 nitrogen and oxygen atoms in total. The molecule has 4 heteroatoms. The van der Waals surface area contributed by atoms with Crippen molar-refractivity contribution in [3.05, 3.63) is 176 Å². The maximum Gasteiger partial charge on any atom is 0.164 e. The van der Waals surface area contributed by atoms with Gasteiger partial charge in [0.25, 0.3) is 0 Å². The minimum atomic E-state index is -0.635. The second-order valence-corrected chi connectivity index (χ2v) is 12.2. The highest BCUT2D eigenvalue weighted by atomic mass is 32.1. The van der Waals surface area contributed by atoms with Crippen LogP contribution in [-0.2, 0) is 0 Å². The van der Waals surface area contributed by atoms with Gasteiger partial charge in [-0.1, -0.05) is 164 Å². The van der Waals surface area contributed by atoms with Gasteiger partial charge in [0, 0.05) is 36.9 Å². The maximum atomic E-state index is 9.54. The van der Waals surface area contributed by atoms with Gasteiger partial charge in [-0.2, -0.15) is 0 Å². The molecule has 0 bridgehead atoms. The molecule has 0 spiro atoms. The zero-order valence-electron chi connectivity index (χ0n) is 36.6. The van der Waals surface area contributed by atoms with Gasteiger partial charge in [0.2, 0.25) is 0 Å². The minimum absolute atomic E-state index is 0.0293. The molecule has 0 saturated heterocycles. The molecule has 49 heavy (non-hydrogen) atoms. The van der Waals surface area contributed by atoms with Crippen LogP contribution in [0, 0.1) is 0 Å². The summed E-state index contributed by atoms with van der Waals surface area (Å²) in [5.74, 6) is 0.425. The molecule has 0 saturated carbocycles. The summed E-state index contributed by atoms with van der Waals surface area (Å²) >= 11 is 0.891. The molecule has 7 aromatic carbocycles. The van der Waals surface area contributed by atoms with Gasteiger partial charge in [0.1, 0.15) is 0 Å². The van der Waals surface area contributed by atoms with E-state index in [1.165, 1.54) is 0 Å². The molecule has 0 aliphatic carbocycles. The van der Waals surface area contributed by atoms with Crippen LogP contribution >= 0.6 is 11.3 Å². The lowest BCUT2D eigenvalue weighted by atomic mass is 9.98. The average molecular weight is 655 g/mol. The Hall–Kier alpha value is -6.23. The number of rotatable bonds is 6. The zero-order valence-corrected chi connectivity index (χ0v) is 26.5. The first-order valence-corrected chi connectivity index (χ1v) is 16.3. The van der Waals surface area contributed by atoms with Crippen molar-refractivity contribution in [1.82, 2.24) is 15.0 Å². The molecule has 2 aromatic heterocycles. The van der Waals surface area contributed by atoms with E-state index < -0.39 is 60.4 Å². The smallest absolute Gasteiger partial charge is 0.164 e. The van der Waals surface area contributed by atoms with Crippen molar-refractivity contribution in [3.8, 4) is 67.5 Å². The molecule has 0 aliphatic heterocycles. The fourth-order valence-corrected chi connectivity index (χ4v) is 6.95. The fraction of sp³-hybridized carbons (Fsp3) is 0. The van der Waals surface area contributed by atoms with E-state index in [0.717, 1.165) is 33.6 Å². The predicted octanol–water partition coefficient (Wildman–Crippen LogP) is 12.2.